The Balaban J connectivity index is 2.33. The van der Waals surface area contributed by atoms with Crippen LogP contribution in [0, 0.1) is 0 Å². The van der Waals surface area contributed by atoms with Gasteiger partial charge in [-0.15, -0.1) is 6.58 Å². The van der Waals surface area contributed by atoms with Crippen LogP contribution in [-0.2, 0) is 4.74 Å². The maximum Gasteiger partial charge on any atom is 0.0769 e. The lowest BCUT2D eigenvalue weighted by molar-refractivity contribution is 0.120. The van der Waals surface area contributed by atoms with Gasteiger partial charge in [-0.05, 0) is 18.4 Å². The maximum absolute atomic E-state index is 5.45. The van der Waals surface area contributed by atoms with E-state index in [0.29, 0.717) is 6.10 Å². The van der Waals surface area contributed by atoms with Crippen molar-refractivity contribution >= 4 is 0 Å². The summed E-state index contributed by atoms with van der Waals surface area (Å²) in [5, 5.41) is 0. The molecule has 11 heavy (non-hydrogen) atoms. The molecule has 1 unspecified atom stereocenters. The van der Waals surface area contributed by atoms with Gasteiger partial charge in [0.25, 0.3) is 0 Å². The third kappa shape index (κ3) is 2.35. The van der Waals surface area contributed by atoms with Crippen LogP contribution in [0.2, 0.25) is 0 Å². The highest BCUT2D eigenvalue weighted by atomic mass is 16.5. The van der Waals surface area contributed by atoms with E-state index in [1.165, 1.54) is 5.57 Å². The average Bonchev–Trinajstić information content (AvgIpc) is 2.48. The molecule has 0 saturated heterocycles. The van der Waals surface area contributed by atoms with Crippen molar-refractivity contribution in [3.8, 4) is 0 Å². The fraction of sp³-hybridized carbons (Fsp3) is 0.400. The van der Waals surface area contributed by atoms with E-state index in [4.69, 9.17) is 4.74 Å². The topological polar surface area (TPSA) is 9.23 Å². The second kappa shape index (κ2) is 4.14. The Bertz CT molecular complexity index is 179. The minimum Gasteiger partial charge on any atom is -0.369 e. The first-order chi connectivity index (χ1) is 5.36. The van der Waals surface area contributed by atoms with E-state index >= 15 is 0 Å². The maximum atomic E-state index is 5.45. The molecule has 0 aromatic rings. The molecular weight excluding hydrogens is 136 g/mol. The molecule has 1 aliphatic rings. The van der Waals surface area contributed by atoms with Crippen molar-refractivity contribution in [1.29, 1.82) is 0 Å². The molecule has 1 nitrogen and oxygen atoms in total. The van der Waals surface area contributed by atoms with E-state index in [9.17, 15) is 0 Å². The van der Waals surface area contributed by atoms with Gasteiger partial charge in [0.1, 0.15) is 0 Å². The summed E-state index contributed by atoms with van der Waals surface area (Å²) in [6, 6.07) is 0. The average molecular weight is 150 g/mol. The Labute approximate surface area is 68.1 Å². The Kier molecular flexibility index (Phi) is 3.12. The van der Waals surface area contributed by atoms with E-state index in [1.807, 2.05) is 12.2 Å². The fourth-order valence-corrected chi connectivity index (χ4v) is 1.11. The predicted molar refractivity (Wildman–Crippen MR) is 47.5 cm³/mol. The quantitative estimate of drug-likeness (QED) is 0.559. The number of hydrogen-bond donors (Lipinski definition) is 0. The zero-order valence-corrected chi connectivity index (χ0v) is 6.75. The molecule has 0 radical (unpaired) electrons. The molecule has 0 aliphatic carbocycles. The molecule has 0 fully saturated rings. The highest BCUT2D eigenvalue weighted by Crippen LogP contribution is 2.16. The van der Waals surface area contributed by atoms with Gasteiger partial charge in [0.15, 0.2) is 0 Å². The normalized spacial score (nSPS) is 22.9. The van der Waals surface area contributed by atoms with Gasteiger partial charge in [0, 0.05) is 0 Å². The Hall–Kier alpha value is -0.820. The van der Waals surface area contributed by atoms with Crippen LogP contribution in [0.5, 0.6) is 0 Å². The van der Waals surface area contributed by atoms with Crippen LogP contribution in [0.15, 0.2) is 37.0 Å². The van der Waals surface area contributed by atoms with Crippen LogP contribution >= 0.6 is 0 Å². The highest BCUT2D eigenvalue weighted by molar-refractivity contribution is 5.21. The SMILES string of the molecule is C=CCCC1C=C(C=C)CO1. The first-order valence-electron chi connectivity index (χ1n) is 3.92. The third-order valence-corrected chi connectivity index (χ3v) is 1.78. The van der Waals surface area contributed by atoms with Crippen LogP contribution in [0.4, 0.5) is 0 Å². The van der Waals surface area contributed by atoms with Crippen LogP contribution in [-0.4, -0.2) is 12.7 Å². The van der Waals surface area contributed by atoms with E-state index in [2.05, 4.69) is 19.2 Å². The first kappa shape index (κ1) is 8.28. The summed E-state index contributed by atoms with van der Waals surface area (Å²) in [5.74, 6) is 0. The summed E-state index contributed by atoms with van der Waals surface area (Å²) in [4.78, 5) is 0. The van der Waals surface area contributed by atoms with Gasteiger partial charge in [-0.1, -0.05) is 24.8 Å². The molecule has 1 heteroatoms. The zero-order valence-electron chi connectivity index (χ0n) is 6.75. The second-order valence-electron chi connectivity index (χ2n) is 2.66. The summed E-state index contributed by atoms with van der Waals surface area (Å²) in [6.07, 6.45) is 8.26. The first-order valence-corrected chi connectivity index (χ1v) is 3.92. The Morgan fingerprint density at radius 2 is 2.45 bits per heavy atom. The summed E-state index contributed by atoms with van der Waals surface area (Å²) < 4.78 is 5.45. The lowest BCUT2D eigenvalue weighted by Gasteiger charge is -2.03. The van der Waals surface area contributed by atoms with Crippen molar-refractivity contribution in [1.82, 2.24) is 0 Å². The smallest absolute Gasteiger partial charge is 0.0769 e. The number of allylic oxidation sites excluding steroid dienone is 1. The highest BCUT2D eigenvalue weighted by Gasteiger charge is 2.12. The molecule has 0 spiro atoms. The van der Waals surface area contributed by atoms with Gasteiger partial charge in [0.05, 0.1) is 12.7 Å². The van der Waals surface area contributed by atoms with E-state index in [0.717, 1.165) is 19.4 Å². The summed E-state index contributed by atoms with van der Waals surface area (Å²) in [7, 11) is 0. The van der Waals surface area contributed by atoms with Crippen LogP contribution in [0.25, 0.3) is 0 Å². The Morgan fingerprint density at radius 1 is 1.64 bits per heavy atom. The monoisotopic (exact) mass is 150 g/mol. The van der Waals surface area contributed by atoms with Crippen LogP contribution in [0.3, 0.4) is 0 Å². The molecule has 0 aromatic carbocycles. The predicted octanol–water partition coefficient (Wildman–Crippen LogP) is 2.46. The van der Waals surface area contributed by atoms with Gasteiger partial charge < -0.3 is 4.74 Å². The van der Waals surface area contributed by atoms with E-state index in [1.54, 1.807) is 0 Å². The Morgan fingerprint density at radius 3 is 3.00 bits per heavy atom. The van der Waals surface area contributed by atoms with Crippen molar-refractivity contribution in [2.45, 2.75) is 18.9 Å². The molecule has 0 amide bonds. The molecule has 0 bridgehead atoms. The molecule has 1 heterocycles. The summed E-state index contributed by atoms with van der Waals surface area (Å²) in [6.45, 7) is 8.08. The molecule has 1 atom stereocenters. The van der Waals surface area contributed by atoms with Gasteiger partial charge in [-0.3, -0.25) is 0 Å². The van der Waals surface area contributed by atoms with Crippen molar-refractivity contribution in [2.24, 2.45) is 0 Å². The van der Waals surface area contributed by atoms with Gasteiger partial charge in [0.2, 0.25) is 0 Å². The minimum atomic E-state index is 0.293. The fourth-order valence-electron chi connectivity index (χ4n) is 1.11. The third-order valence-electron chi connectivity index (χ3n) is 1.78. The van der Waals surface area contributed by atoms with Crippen LogP contribution in [0.1, 0.15) is 12.8 Å². The number of rotatable bonds is 4. The standard InChI is InChI=1S/C10H14O/c1-3-5-6-10-7-9(4-2)8-11-10/h3-4,7,10H,1-2,5-6,8H2. The minimum absolute atomic E-state index is 0.293. The number of ether oxygens (including phenoxy) is 1. The molecule has 1 rings (SSSR count). The molecule has 0 N–H and O–H groups in total. The van der Waals surface area contributed by atoms with Crippen molar-refractivity contribution in [2.75, 3.05) is 6.61 Å². The molecule has 0 saturated carbocycles. The van der Waals surface area contributed by atoms with Crippen LogP contribution < -0.4 is 0 Å². The van der Waals surface area contributed by atoms with E-state index < -0.39 is 0 Å². The van der Waals surface area contributed by atoms with Gasteiger partial charge >= 0.3 is 0 Å². The molecule has 1 aliphatic heterocycles. The molecule has 60 valence electrons. The zero-order chi connectivity index (χ0) is 8.10. The van der Waals surface area contributed by atoms with Gasteiger partial charge in [-0.2, -0.15) is 0 Å². The molecular formula is C10H14O. The van der Waals surface area contributed by atoms with Crippen molar-refractivity contribution < 1.29 is 4.74 Å². The lowest BCUT2D eigenvalue weighted by atomic mass is 10.1. The summed E-state index contributed by atoms with van der Waals surface area (Å²) >= 11 is 0. The second-order valence-corrected chi connectivity index (χ2v) is 2.66. The largest absolute Gasteiger partial charge is 0.369 e. The lowest BCUT2D eigenvalue weighted by Crippen LogP contribution is -2.02. The van der Waals surface area contributed by atoms with Crippen molar-refractivity contribution in [3.05, 3.63) is 37.0 Å². The summed E-state index contributed by atoms with van der Waals surface area (Å²) in [5.41, 5.74) is 1.21. The number of hydrogen-bond acceptors (Lipinski definition) is 1. The van der Waals surface area contributed by atoms with Crippen molar-refractivity contribution in [3.63, 3.8) is 0 Å². The molecule has 0 aromatic heterocycles. The van der Waals surface area contributed by atoms with Gasteiger partial charge in [-0.25, -0.2) is 0 Å². The van der Waals surface area contributed by atoms with E-state index in [-0.39, 0.29) is 0 Å².